The van der Waals surface area contributed by atoms with Crippen LogP contribution in [0.2, 0.25) is 0 Å². The van der Waals surface area contributed by atoms with Crippen molar-refractivity contribution in [1.29, 1.82) is 0 Å². The summed E-state index contributed by atoms with van der Waals surface area (Å²) in [5.74, 6) is -4.98. The number of alkyl halides is 5. The molecule has 0 saturated carbocycles. The highest BCUT2D eigenvalue weighted by molar-refractivity contribution is 5.68. The Labute approximate surface area is 159 Å². The van der Waals surface area contributed by atoms with Crippen LogP contribution in [0.25, 0.3) is 0 Å². The molecule has 5 nitrogen and oxygen atoms in total. The van der Waals surface area contributed by atoms with Crippen molar-refractivity contribution >= 4 is 6.09 Å². The SMILES string of the molecule is COc1ncc([C@H]2CN(C(=O)OC(C)(C)C)CCC2(F)F)cc1CC(F)(F)F. The highest BCUT2D eigenvalue weighted by atomic mass is 19.4. The first-order valence-corrected chi connectivity index (χ1v) is 8.67. The van der Waals surface area contributed by atoms with E-state index >= 15 is 0 Å². The van der Waals surface area contributed by atoms with E-state index in [-0.39, 0.29) is 30.1 Å². The quantitative estimate of drug-likeness (QED) is 0.686. The van der Waals surface area contributed by atoms with Crippen molar-refractivity contribution in [3.05, 3.63) is 23.4 Å². The first-order chi connectivity index (χ1) is 12.7. The summed E-state index contributed by atoms with van der Waals surface area (Å²) in [6.07, 6.45) is -6.21. The number of amides is 1. The van der Waals surface area contributed by atoms with Crippen LogP contribution in [0.15, 0.2) is 12.3 Å². The first-order valence-electron chi connectivity index (χ1n) is 8.67. The van der Waals surface area contributed by atoms with Gasteiger partial charge >= 0.3 is 12.3 Å². The second kappa shape index (κ2) is 7.71. The van der Waals surface area contributed by atoms with E-state index in [2.05, 4.69) is 4.98 Å². The van der Waals surface area contributed by atoms with E-state index in [9.17, 15) is 26.7 Å². The van der Waals surface area contributed by atoms with Gasteiger partial charge in [0.05, 0.1) is 19.4 Å². The molecule has 1 aliphatic rings. The van der Waals surface area contributed by atoms with Crippen molar-refractivity contribution in [2.45, 2.75) is 57.2 Å². The number of likely N-dealkylation sites (tertiary alicyclic amines) is 1. The molecule has 0 spiro atoms. The number of piperidine rings is 1. The summed E-state index contributed by atoms with van der Waals surface area (Å²) < 4.78 is 77.5. The second-order valence-electron chi connectivity index (χ2n) is 7.72. The lowest BCUT2D eigenvalue weighted by atomic mass is 9.87. The molecular weight excluding hydrogens is 387 g/mol. The van der Waals surface area contributed by atoms with Gasteiger partial charge in [0.25, 0.3) is 5.92 Å². The summed E-state index contributed by atoms with van der Waals surface area (Å²) in [6, 6.07) is 1.02. The number of pyridine rings is 1. The highest BCUT2D eigenvalue weighted by Crippen LogP contribution is 2.41. The lowest BCUT2D eigenvalue weighted by Crippen LogP contribution is -2.49. The maximum atomic E-state index is 14.5. The maximum absolute atomic E-state index is 14.5. The molecule has 1 fully saturated rings. The topological polar surface area (TPSA) is 51.7 Å². The number of methoxy groups -OCH3 is 1. The fraction of sp³-hybridized carbons (Fsp3) is 0.667. The standard InChI is InChI=1S/C18H23F5N2O3/c1-16(2,3)28-15(26)25-6-5-17(19,20)13(10-25)12-7-11(8-18(21,22)23)14(27-4)24-9-12/h7,9,13H,5-6,8,10H2,1-4H3/t13-/m1/s1. The Bertz CT molecular complexity index is 716. The number of aromatic nitrogens is 1. The Morgan fingerprint density at radius 2 is 1.96 bits per heavy atom. The van der Waals surface area contributed by atoms with Gasteiger partial charge in [0.15, 0.2) is 0 Å². The number of carbonyl (C=O) groups excluding carboxylic acids is 1. The van der Waals surface area contributed by atoms with Gasteiger partial charge in [-0.1, -0.05) is 0 Å². The number of nitrogens with zero attached hydrogens (tertiary/aromatic N) is 2. The number of hydrogen-bond acceptors (Lipinski definition) is 4. The van der Waals surface area contributed by atoms with E-state index in [1.54, 1.807) is 20.8 Å². The third-order valence-corrected chi connectivity index (χ3v) is 4.21. The van der Waals surface area contributed by atoms with Crippen LogP contribution in [0.5, 0.6) is 5.88 Å². The molecule has 1 aromatic heterocycles. The summed E-state index contributed by atoms with van der Waals surface area (Å²) in [5, 5.41) is 0. The number of rotatable bonds is 3. The van der Waals surface area contributed by atoms with Crippen LogP contribution < -0.4 is 4.74 Å². The molecule has 0 bridgehead atoms. The fourth-order valence-corrected chi connectivity index (χ4v) is 2.98. The van der Waals surface area contributed by atoms with E-state index in [1.165, 1.54) is 0 Å². The van der Waals surface area contributed by atoms with E-state index in [0.717, 1.165) is 24.3 Å². The molecule has 0 unspecified atom stereocenters. The van der Waals surface area contributed by atoms with E-state index in [4.69, 9.17) is 9.47 Å². The molecule has 0 radical (unpaired) electrons. The van der Waals surface area contributed by atoms with Crippen LogP contribution in [0.4, 0.5) is 26.7 Å². The molecule has 0 aromatic carbocycles. The van der Waals surface area contributed by atoms with Crippen molar-refractivity contribution in [2.75, 3.05) is 20.2 Å². The summed E-state index contributed by atoms with van der Waals surface area (Å²) in [6.45, 7) is 4.35. The summed E-state index contributed by atoms with van der Waals surface area (Å²) in [7, 11) is 1.15. The molecule has 1 atom stereocenters. The molecule has 158 valence electrons. The number of carbonyl (C=O) groups is 1. The highest BCUT2D eigenvalue weighted by Gasteiger charge is 2.47. The van der Waals surface area contributed by atoms with Crippen LogP contribution in [0, 0.1) is 0 Å². The van der Waals surface area contributed by atoms with Crippen molar-refractivity contribution in [3.8, 4) is 5.88 Å². The molecule has 28 heavy (non-hydrogen) atoms. The lowest BCUT2D eigenvalue weighted by molar-refractivity contribution is -0.127. The van der Waals surface area contributed by atoms with Gasteiger partial charge in [-0.2, -0.15) is 13.2 Å². The van der Waals surface area contributed by atoms with Gasteiger partial charge in [-0.15, -0.1) is 0 Å². The average molecular weight is 410 g/mol. The molecule has 1 amide bonds. The number of ether oxygens (including phenoxy) is 2. The lowest BCUT2D eigenvalue weighted by Gasteiger charge is -2.39. The third-order valence-electron chi connectivity index (χ3n) is 4.21. The van der Waals surface area contributed by atoms with Gasteiger partial charge in [0, 0.05) is 31.3 Å². The molecular formula is C18H23F5N2O3. The van der Waals surface area contributed by atoms with Crippen LogP contribution in [0.1, 0.15) is 44.2 Å². The Balaban J connectivity index is 2.32. The zero-order valence-electron chi connectivity index (χ0n) is 16.1. The van der Waals surface area contributed by atoms with Crippen LogP contribution in [0.3, 0.4) is 0 Å². The normalized spacial score (nSPS) is 20.0. The third kappa shape index (κ3) is 5.68. The molecule has 1 aliphatic heterocycles. The predicted molar refractivity (Wildman–Crippen MR) is 90.7 cm³/mol. The van der Waals surface area contributed by atoms with Crippen molar-refractivity contribution < 1.29 is 36.2 Å². The second-order valence-corrected chi connectivity index (χ2v) is 7.72. The van der Waals surface area contributed by atoms with Gasteiger partial charge in [0.2, 0.25) is 5.88 Å². The Kier molecular flexibility index (Phi) is 6.10. The van der Waals surface area contributed by atoms with Gasteiger partial charge in [0.1, 0.15) is 5.60 Å². The molecule has 1 aromatic rings. The molecule has 0 N–H and O–H groups in total. The number of hydrogen-bond donors (Lipinski definition) is 0. The van der Waals surface area contributed by atoms with E-state index in [0.29, 0.717) is 0 Å². The zero-order valence-corrected chi connectivity index (χ0v) is 16.1. The minimum Gasteiger partial charge on any atom is -0.481 e. The molecule has 10 heteroatoms. The summed E-state index contributed by atoms with van der Waals surface area (Å²) in [5.41, 5.74) is -1.22. The van der Waals surface area contributed by atoms with Crippen LogP contribution in [-0.2, 0) is 11.2 Å². The van der Waals surface area contributed by atoms with Crippen molar-refractivity contribution in [3.63, 3.8) is 0 Å². The molecule has 2 rings (SSSR count). The molecule has 1 saturated heterocycles. The maximum Gasteiger partial charge on any atom is 0.410 e. The summed E-state index contributed by atoms with van der Waals surface area (Å²) >= 11 is 0. The van der Waals surface area contributed by atoms with Gasteiger partial charge < -0.3 is 14.4 Å². The van der Waals surface area contributed by atoms with E-state index in [1.807, 2.05) is 0 Å². The molecule has 0 aliphatic carbocycles. The fourth-order valence-electron chi connectivity index (χ4n) is 2.98. The number of halogens is 5. The van der Waals surface area contributed by atoms with Gasteiger partial charge in [-0.3, -0.25) is 0 Å². The van der Waals surface area contributed by atoms with Gasteiger partial charge in [-0.05, 0) is 32.4 Å². The van der Waals surface area contributed by atoms with Crippen molar-refractivity contribution in [1.82, 2.24) is 9.88 Å². The van der Waals surface area contributed by atoms with Gasteiger partial charge in [-0.25, -0.2) is 18.6 Å². The van der Waals surface area contributed by atoms with Crippen LogP contribution >= 0.6 is 0 Å². The summed E-state index contributed by atoms with van der Waals surface area (Å²) in [4.78, 5) is 17.1. The Morgan fingerprint density at radius 1 is 1.32 bits per heavy atom. The first kappa shape index (κ1) is 22.2. The van der Waals surface area contributed by atoms with Crippen molar-refractivity contribution in [2.24, 2.45) is 0 Å². The predicted octanol–water partition coefficient (Wildman–Crippen LogP) is 4.55. The smallest absolute Gasteiger partial charge is 0.410 e. The average Bonchev–Trinajstić information content (AvgIpc) is 2.51. The molecule has 2 heterocycles. The zero-order chi connectivity index (χ0) is 21.3. The minimum atomic E-state index is -4.55. The largest absolute Gasteiger partial charge is 0.481 e. The monoisotopic (exact) mass is 410 g/mol. The van der Waals surface area contributed by atoms with Crippen LogP contribution in [-0.4, -0.2) is 53.9 Å². The Morgan fingerprint density at radius 3 is 2.50 bits per heavy atom. The minimum absolute atomic E-state index is 0.0849. The van der Waals surface area contributed by atoms with E-state index < -0.39 is 42.6 Å². The Hall–Kier alpha value is -2.13.